The minimum atomic E-state index is -0.498. The minimum absolute atomic E-state index is 0.0938. The van der Waals surface area contributed by atoms with Crippen molar-refractivity contribution in [2.75, 3.05) is 7.11 Å². The maximum Gasteiger partial charge on any atom is 0.306 e. The normalized spacial score (nSPS) is 13.5. The van der Waals surface area contributed by atoms with Gasteiger partial charge in [0.25, 0.3) is 0 Å². The van der Waals surface area contributed by atoms with Crippen molar-refractivity contribution in [3.8, 4) is 0 Å². The van der Waals surface area contributed by atoms with Crippen LogP contribution in [0.3, 0.4) is 0 Å². The van der Waals surface area contributed by atoms with Crippen LogP contribution in [0.4, 0.5) is 0 Å². The molecular formula is C12H21N3O2. The first kappa shape index (κ1) is 13.7. The largest absolute Gasteiger partial charge is 0.469 e. The van der Waals surface area contributed by atoms with Gasteiger partial charge in [-0.1, -0.05) is 0 Å². The molecule has 96 valence electrons. The highest BCUT2D eigenvalue weighted by Crippen LogP contribution is 2.31. The lowest BCUT2D eigenvalue weighted by molar-refractivity contribution is -0.141. The molecule has 1 aromatic heterocycles. The number of rotatable bonds is 4. The van der Waals surface area contributed by atoms with Crippen LogP contribution in [0, 0.1) is 6.92 Å². The van der Waals surface area contributed by atoms with Gasteiger partial charge in [0.2, 0.25) is 0 Å². The molecule has 0 radical (unpaired) electrons. The van der Waals surface area contributed by atoms with Gasteiger partial charge in [-0.25, -0.2) is 0 Å². The Morgan fingerprint density at radius 3 is 2.59 bits per heavy atom. The van der Waals surface area contributed by atoms with Crippen molar-refractivity contribution in [2.45, 2.75) is 38.6 Å². The predicted octanol–water partition coefficient (Wildman–Crippen LogP) is 1.11. The number of carbonyl (C=O) groups excluding carboxylic acids is 1. The van der Waals surface area contributed by atoms with Gasteiger partial charge in [0.15, 0.2) is 0 Å². The van der Waals surface area contributed by atoms with E-state index in [1.807, 2.05) is 27.8 Å². The van der Waals surface area contributed by atoms with Crippen LogP contribution in [-0.2, 0) is 16.6 Å². The maximum atomic E-state index is 11.5. The number of carbonyl (C=O) groups is 1. The molecule has 0 saturated heterocycles. The summed E-state index contributed by atoms with van der Waals surface area (Å²) < 4.78 is 6.51. The molecule has 2 N–H and O–H groups in total. The zero-order valence-corrected chi connectivity index (χ0v) is 11.2. The third-order valence-electron chi connectivity index (χ3n) is 3.15. The molecule has 0 aliphatic heterocycles. The van der Waals surface area contributed by atoms with Crippen LogP contribution in [0.1, 0.15) is 37.4 Å². The lowest BCUT2D eigenvalue weighted by Gasteiger charge is -2.29. The van der Waals surface area contributed by atoms with Crippen LogP contribution in [0.2, 0.25) is 0 Å². The van der Waals surface area contributed by atoms with Crippen LogP contribution >= 0.6 is 0 Å². The van der Waals surface area contributed by atoms with Gasteiger partial charge in [-0.15, -0.1) is 0 Å². The van der Waals surface area contributed by atoms with Crippen molar-refractivity contribution in [1.82, 2.24) is 9.78 Å². The second-order valence-electron chi connectivity index (χ2n) is 4.96. The average Bonchev–Trinajstić information content (AvgIpc) is 2.55. The Hall–Kier alpha value is -1.36. The van der Waals surface area contributed by atoms with Gasteiger partial charge in [-0.3, -0.25) is 9.48 Å². The molecule has 1 atom stereocenters. The van der Waals surface area contributed by atoms with Gasteiger partial charge >= 0.3 is 5.97 Å². The van der Waals surface area contributed by atoms with E-state index < -0.39 is 5.54 Å². The van der Waals surface area contributed by atoms with Crippen LogP contribution in [0.15, 0.2) is 6.20 Å². The fourth-order valence-electron chi connectivity index (χ4n) is 1.88. The molecule has 1 rings (SSSR count). The molecule has 1 heterocycles. The summed E-state index contributed by atoms with van der Waals surface area (Å²) >= 11 is 0. The highest BCUT2D eigenvalue weighted by Gasteiger charge is 2.31. The molecule has 0 fully saturated rings. The number of hydrogen-bond donors (Lipinski definition) is 1. The van der Waals surface area contributed by atoms with E-state index in [-0.39, 0.29) is 18.3 Å². The first-order valence-electron chi connectivity index (χ1n) is 5.61. The van der Waals surface area contributed by atoms with Crippen molar-refractivity contribution in [2.24, 2.45) is 12.8 Å². The highest BCUT2D eigenvalue weighted by atomic mass is 16.5. The molecule has 5 heteroatoms. The van der Waals surface area contributed by atoms with Crippen LogP contribution in [0.25, 0.3) is 0 Å². The molecule has 1 aromatic rings. The summed E-state index contributed by atoms with van der Waals surface area (Å²) in [6.45, 7) is 5.79. The second kappa shape index (κ2) is 4.87. The Kier molecular flexibility index (Phi) is 3.93. The summed E-state index contributed by atoms with van der Waals surface area (Å²) in [6, 6.07) is 0. The zero-order chi connectivity index (χ0) is 13.2. The Morgan fingerprint density at radius 2 is 2.24 bits per heavy atom. The molecule has 0 aliphatic carbocycles. The number of ether oxygens (including phenoxy) is 1. The van der Waals surface area contributed by atoms with Crippen LogP contribution in [-0.4, -0.2) is 28.4 Å². The molecule has 0 bridgehead atoms. The van der Waals surface area contributed by atoms with Crippen molar-refractivity contribution in [3.05, 3.63) is 17.5 Å². The molecule has 0 spiro atoms. The lowest BCUT2D eigenvalue weighted by atomic mass is 9.80. The van der Waals surface area contributed by atoms with Crippen molar-refractivity contribution < 1.29 is 9.53 Å². The third-order valence-corrected chi connectivity index (χ3v) is 3.15. The topological polar surface area (TPSA) is 70.1 Å². The SMILES string of the molecule is COC(=O)CC(c1cnn(C)c1C)C(C)(C)N. The summed E-state index contributed by atoms with van der Waals surface area (Å²) in [6.07, 6.45) is 2.05. The first-order chi connectivity index (χ1) is 7.77. The molecule has 0 saturated carbocycles. The van der Waals surface area contributed by atoms with E-state index in [4.69, 9.17) is 10.5 Å². The lowest BCUT2D eigenvalue weighted by Crippen LogP contribution is -2.40. The molecule has 17 heavy (non-hydrogen) atoms. The van der Waals surface area contributed by atoms with Gasteiger partial charge in [0.05, 0.1) is 19.7 Å². The number of aryl methyl sites for hydroxylation is 1. The molecule has 0 aliphatic rings. The minimum Gasteiger partial charge on any atom is -0.469 e. The quantitative estimate of drug-likeness (QED) is 0.799. The van der Waals surface area contributed by atoms with E-state index in [1.165, 1.54) is 7.11 Å². The van der Waals surface area contributed by atoms with E-state index in [2.05, 4.69) is 5.10 Å². The number of esters is 1. The van der Waals surface area contributed by atoms with E-state index in [0.29, 0.717) is 0 Å². The summed E-state index contributed by atoms with van der Waals surface area (Å²) in [4.78, 5) is 11.5. The number of nitrogens with zero attached hydrogens (tertiary/aromatic N) is 2. The maximum absolute atomic E-state index is 11.5. The summed E-state index contributed by atoms with van der Waals surface area (Å²) in [5.41, 5.74) is 7.68. The highest BCUT2D eigenvalue weighted by molar-refractivity contribution is 5.70. The Bertz CT molecular complexity index is 404. The van der Waals surface area contributed by atoms with E-state index in [0.717, 1.165) is 11.3 Å². The van der Waals surface area contributed by atoms with Gasteiger partial charge in [0, 0.05) is 24.2 Å². The monoisotopic (exact) mass is 239 g/mol. The summed E-state index contributed by atoms with van der Waals surface area (Å²) in [5, 5.41) is 4.19. The number of nitrogens with two attached hydrogens (primary N) is 1. The van der Waals surface area contributed by atoms with Crippen molar-refractivity contribution in [1.29, 1.82) is 0 Å². The van der Waals surface area contributed by atoms with E-state index >= 15 is 0 Å². The average molecular weight is 239 g/mol. The molecule has 0 aromatic carbocycles. The zero-order valence-electron chi connectivity index (χ0n) is 11.2. The first-order valence-corrected chi connectivity index (χ1v) is 5.61. The van der Waals surface area contributed by atoms with Gasteiger partial charge in [0.1, 0.15) is 0 Å². The number of hydrogen-bond acceptors (Lipinski definition) is 4. The standard InChI is InChI=1S/C12H21N3O2/c1-8-9(7-14-15(8)4)10(12(2,3)13)6-11(16)17-5/h7,10H,6,13H2,1-5H3. The summed E-state index contributed by atoms with van der Waals surface area (Å²) in [5.74, 6) is -0.347. The smallest absolute Gasteiger partial charge is 0.306 e. The van der Waals surface area contributed by atoms with Crippen LogP contribution < -0.4 is 5.73 Å². The fraction of sp³-hybridized carbons (Fsp3) is 0.667. The number of methoxy groups -OCH3 is 1. The fourth-order valence-corrected chi connectivity index (χ4v) is 1.88. The van der Waals surface area contributed by atoms with Gasteiger partial charge < -0.3 is 10.5 Å². The van der Waals surface area contributed by atoms with E-state index in [1.54, 1.807) is 10.9 Å². The van der Waals surface area contributed by atoms with Crippen molar-refractivity contribution in [3.63, 3.8) is 0 Å². The molecule has 5 nitrogen and oxygen atoms in total. The third kappa shape index (κ3) is 3.06. The second-order valence-corrected chi connectivity index (χ2v) is 4.96. The molecule has 1 unspecified atom stereocenters. The molecular weight excluding hydrogens is 218 g/mol. The van der Waals surface area contributed by atoms with Gasteiger partial charge in [-0.2, -0.15) is 5.10 Å². The number of aromatic nitrogens is 2. The van der Waals surface area contributed by atoms with Crippen molar-refractivity contribution >= 4 is 5.97 Å². The Labute approximate surface area is 102 Å². The Morgan fingerprint density at radius 1 is 1.65 bits per heavy atom. The predicted molar refractivity (Wildman–Crippen MR) is 65.6 cm³/mol. The van der Waals surface area contributed by atoms with E-state index in [9.17, 15) is 4.79 Å². The molecule has 0 amide bonds. The summed E-state index contributed by atoms with van der Waals surface area (Å²) in [7, 11) is 3.26. The Balaban J connectivity index is 3.07. The van der Waals surface area contributed by atoms with Gasteiger partial charge in [-0.05, 0) is 26.3 Å². The van der Waals surface area contributed by atoms with Crippen LogP contribution in [0.5, 0.6) is 0 Å².